The Kier molecular flexibility index (Phi) is 5.80. The third kappa shape index (κ3) is 3.91. The van der Waals surface area contributed by atoms with Gasteiger partial charge in [-0.2, -0.15) is 0 Å². The van der Waals surface area contributed by atoms with Crippen LogP contribution in [0.4, 0.5) is 5.95 Å². The fraction of sp³-hybridized carbons (Fsp3) is 0.417. The Morgan fingerprint density at radius 2 is 2.00 bits per heavy atom. The molecule has 0 saturated carbocycles. The largest absolute Gasteiger partial charge is 0.356 e. The monoisotopic (exact) mass is 254 g/mol. The first-order valence-electron chi connectivity index (χ1n) is 5.79. The number of fused-ring (bicyclic) bond motifs is 1. The minimum absolute atomic E-state index is 0. The topological polar surface area (TPSA) is 66.7 Å². The van der Waals surface area contributed by atoms with E-state index in [4.69, 9.17) is 5.73 Å². The fourth-order valence-corrected chi connectivity index (χ4v) is 1.69. The van der Waals surface area contributed by atoms with Crippen LogP contribution < -0.4 is 11.1 Å². The number of imidazole rings is 1. The van der Waals surface area contributed by atoms with Crippen LogP contribution in [-0.2, 0) is 0 Å². The first-order valence-corrected chi connectivity index (χ1v) is 5.79. The van der Waals surface area contributed by atoms with E-state index in [1.54, 1.807) is 0 Å². The molecule has 5 heteroatoms. The SMILES string of the molecule is Cl.NCCCCCNc1nc2ccccc2[nH]1. The Labute approximate surface area is 107 Å². The van der Waals surface area contributed by atoms with Crippen LogP contribution in [-0.4, -0.2) is 23.1 Å². The van der Waals surface area contributed by atoms with Crippen molar-refractivity contribution in [1.29, 1.82) is 0 Å². The number of benzene rings is 1. The van der Waals surface area contributed by atoms with Crippen molar-refractivity contribution in [3.63, 3.8) is 0 Å². The molecule has 2 rings (SSSR count). The molecule has 0 fully saturated rings. The highest BCUT2D eigenvalue weighted by Crippen LogP contribution is 2.13. The van der Waals surface area contributed by atoms with Gasteiger partial charge in [0.15, 0.2) is 0 Å². The molecule has 0 spiro atoms. The first-order chi connectivity index (χ1) is 7.90. The second-order valence-corrected chi connectivity index (χ2v) is 3.88. The number of nitrogens with zero attached hydrogens (tertiary/aromatic N) is 1. The van der Waals surface area contributed by atoms with Gasteiger partial charge in [-0.15, -0.1) is 12.4 Å². The van der Waals surface area contributed by atoms with E-state index in [-0.39, 0.29) is 12.4 Å². The van der Waals surface area contributed by atoms with Gasteiger partial charge in [0.2, 0.25) is 5.95 Å². The van der Waals surface area contributed by atoms with Crippen molar-refractivity contribution in [3.8, 4) is 0 Å². The second kappa shape index (κ2) is 7.14. The number of anilines is 1. The van der Waals surface area contributed by atoms with E-state index >= 15 is 0 Å². The zero-order valence-corrected chi connectivity index (χ0v) is 10.6. The number of nitrogens with two attached hydrogens (primary N) is 1. The highest BCUT2D eigenvalue weighted by molar-refractivity contribution is 5.85. The molecule has 4 N–H and O–H groups in total. The Morgan fingerprint density at radius 3 is 2.76 bits per heavy atom. The Balaban J connectivity index is 0.00000144. The van der Waals surface area contributed by atoms with E-state index in [1.807, 2.05) is 24.3 Å². The number of para-hydroxylation sites is 2. The zero-order chi connectivity index (χ0) is 11.2. The minimum Gasteiger partial charge on any atom is -0.356 e. The van der Waals surface area contributed by atoms with Crippen molar-refractivity contribution in [3.05, 3.63) is 24.3 Å². The quantitative estimate of drug-likeness (QED) is 0.694. The number of H-pyrrole nitrogens is 1. The molecule has 94 valence electrons. The molecule has 0 unspecified atom stereocenters. The van der Waals surface area contributed by atoms with E-state index < -0.39 is 0 Å². The lowest BCUT2D eigenvalue weighted by Gasteiger charge is -2.01. The summed E-state index contributed by atoms with van der Waals surface area (Å²) < 4.78 is 0. The van der Waals surface area contributed by atoms with Crippen molar-refractivity contribution in [2.45, 2.75) is 19.3 Å². The minimum atomic E-state index is 0. The van der Waals surface area contributed by atoms with E-state index in [1.165, 1.54) is 6.42 Å². The number of aromatic amines is 1. The number of rotatable bonds is 6. The maximum Gasteiger partial charge on any atom is 0.201 e. The number of nitrogens with one attached hydrogen (secondary N) is 2. The van der Waals surface area contributed by atoms with E-state index in [2.05, 4.69) is 15.3 Å². The summed E-state index contributed by atoms with van der Waals surface area (Å²) in [4.78, 5) is 7.68. The molecule has 17 heavy (non-hydrogen) atoms. The third-order valence-corrected chi connectivity index (χ3v) is 2.56. The summed E-state index contributed by atoms with van der Waals surface area (Å²) in [6.45, 7) is 1.73. The van der Waals surface area contributed by atoms with Crippen molar-refractivity contribution in [2.75, 3.05) is 18.4 Å². The van der Waals surface area contributed by atoms with Crippen LogP contribution in [0.15, 0.2) is 24.3 Å². The zero-order valence-electron chi connectivity index (χ0n) is 9.78. The molecule has 0 amide bonds. The van der Waals surface area contributed by atoms with Crippen LogP contribution in [0.25, 0.3) is 11.0 Å². The van der Waals surface area contributed by atoms with Crippen molar-refractivity contribution in [2.24, 2.45) is 5.73 Å². The molecule has 0 aliphatic carbocycles. The Hall–Kier alpha value is -1.26. The van der Waals surface area contributed by atoms with E-state index in [0.717, 1.165) is 42.9 Å². The average molecular weight is 255 g/mol. The van der Waals surface area contributed by atoms with Crippen LogP contribution in [0.1, 0.15) is 19.3 Å². The van der Waals surface area contributed by atoms with Crippen LogP contribution >= 0.6 is 12.4 Å². The highest BCUT2D eigenvalue weighted by Gasteiger charge is 1.99. The molecule has 0 aliphatic rings. The normalized spacial score (nSPS) is 10.2. The molecule has 0 saturated heterocycles. The molecule has 1 aromatic carbocycles. The molecular formula is C12H19ClN4. The Morgan fingerprint density at radius 1 is 1.18 bits per heavy atom. The summed E-state index contributed by atoms with van der Waals surface area (Å²) in [7, 11) is 0. The molecule has 4 nitrogen and oxygen atoms in total. The molecule has 0 atom stereocenters. The first kappa shape index (κ1) is 13.8. The van der Waals surface area contributed by atoms with E-state index in [0.29, 0.717) is 0 Å². The lowest BCUT2D eigenvalue weighted by molar-refractivity contribution is 0.705. The predicted molar refractivity (Wildman–Crippen MR) is 74.7 cm³/mol. The number of unbranched alkanes of at least 4 members (excludes halogenated alkanes) is 2. The van der Waals surface area contributed by atoms with Gasteiger partial charge in [-0.25, -0.2) is 4.98 Å². The maximum atomic E-state index is 5.43. The van der Waals surface area contributed by atoms with Crippen LogP contribution in [0.2, 0.25) is 0 Å². The number of aromatic nitrogens is 2. The lowest BCUT2D eigenvalue weighted by Crippen LogP contribution is -2.04. The maximum absolute atomic E-state index is 5.43. The highest BCUT2D eigenvalue weighted by atomic mass is 35.5. The number of hydrogen-bond acceptors (Lipinski definition) is 3. The van der Waals surface area contributed by atoms with E-state index in [9.17, 15) is 0 Å². The predicted octanol–water partition coefficient (Wildman–Crippen LogP) is 2.53. The summed E-state index contributed by atoms with van der Waals surface area (Å²) in [6, 6.07) is 8.03. The molecule has 1 heterocycles. The number of hydrogen-bond donors (Lipinski definition) is 3. The van der Waals surface area contributed by atoms with Gasteiger partial charge in [-0.05, 0) is 31.5 Å². The molecular weight excluding hydrogens is 236 g/mol. The Bertz CT molecular complexity index is 408. The van der Waals surface area contributed by atoms with Gasteiger partial charge in [0.05, 0.1) is 11.0 Å². The van der Waals surface area contributed by atoms with Crippen LogP contribution in [0.3, 0.4) is 0 Å². The van der Waals surface area contributed by atoms with Crippen LogP contribution in [0.5, 0.6) is 0 Å². The van der Waals surface area contributed by atoms with Gasteiger partial charge in [-0.1, -0.05) is 18.6 Å². The average Bonchev–Trinajstić information content (AvgIpc) is 2.71. The molecule has 0 radical (unpaired) electrons. The summed E-state index contributed by atoms with van der Waals surface area (Å²) in [5.74, 6) is 0.856. The lowest BCUT2D eigenvalue weighted by atomic mass is 10.2. The smallest absolute Gasteiger partial charge is 0.201 e. The number of halogens is 1. The van der Waals surface area contributed by atoms with Gasteiger partial charge in [0.25, 0.3) is 0 Å². The van der Waals surface area contributed by atoms with Gasteiger partial charge in [-0.3, -0.25) is 0 Å². The standard InChI is InChI=1S/C12H18N4.ClH/c13-8-4-1-5-9-14-12-15-10-6-2-3-7-11(10)16-12;/h2-3,6-7H,1,4-5,8-9,13H2,(H2,14,15,16);1H. The summed E-state index contributed by atoms with van der Waals surface area (Å²) >= 11 is 0. The van der Waals surface area contributed by atoms with Crippen molar-refractivity contribution >= 4 is 29.4 Å². The van der Waals surface area contributed by atoms with Crippen LogP contribution in [0, 0.1) is 0 Å². The summed E-state index contributed by atoms with van der Waals surface area (Å²) in [5.41, 5.74) is 7.52. The summed E-state index contributed by atoms with van der Waals surface area (Å²) in [5, 5.41) is 3.29. The second-order valence-electron chi connectivity index (χ2n) is 3.88. The van der Waals surface area contributed by atoms with Crippen molar-refractivity contribution < 1.29 is 0 Å². The molecule has 1 aromatic heterocycles. The van der Waals surface area contributed by atoms with Gasteiger partial charge >= 0.3 is 0 Å². The fourth-order valence-electron chi connectivity index (χ4n) is 1.69. The molecule has 0 aliphatic heterocycles. The van der Waals surface area contributed by atoms with Gasteiger partial charge in [0.1, 0.15) is 0 Å². The van der Waals surface area contributed by atoms with Gasteiger partial charge in [0, 0.05) is 6.54 Å². The third-order valence-electron chi connectivity index (χ3n) is 2.56. The summed E-state index contributed by atoms with van der Waals surface area (Å²) in [6.07, 6.45) is 3.40. The molecule has 2 aromatic rings. The van der Waals surface area contributed by atoms with Crippen molar-refractivity contribution in [1.82, 2.24) is 9.97 Å². The molecule has 0 bridgehead atoms. The van der Waals surface area contributed by atoms with Gasteiger partial charge < -0.3 is 16.0 Å².